The first-order chi connectivity index (χ1) is 11.5. The number of sulfonamides is 1. The zero-order chi connectivity index (χ0) is 17.7. The van der Waals surface area contributed by atoms with Crippen LogP contribution in [0.2, 0.25) is 10.0 Å². The number of hydrogen-bond acceptors (Lipinski definition) is 3. The summed E-state index contributed by atoms with van der Waals surface area (Å²) in [5.41, 5.74) is 0.454. The largest absolute Gasteiger partial charge is 0.280 e. The minimum absolute atomic E-state index is 0.178. The molecule has 126 valence electrons. The molecule has 0 saturated heterocycles. The van der Waals surface area contributed by atoms with Gasteiger partial charge in [-0.1, -0.05) is 41.4 Å². The molecule has 1 N–H and O–H groups in total. The Morgan fingerprint density at radius 3 is 2.25 bits per heavy atom. The third-order valence-corrected chi connectivity index (χ3v) is 5.17. The van der Waals surface area contributed by atoms with Crippen molar-refractivity contribution in [1.82, 2.24) is 0 Å². The molecule has 0 atom stereocenters. The molecule has 0 fully saturated rings. The van der Waals surface area contributed by atoms with Crippen LogP contribution in [0.4, 0.5) is 5.69 Å². The average Bonchev–Trinajstić information content (AvgIpc) is 2.58. The Hall–Kier alpha value is -1.40. The van der Waals surface area contributed by atoms with Crippen LogP contribution < -0.4 is 4.72 Å². The number of benzene rings is 3. The molecule has 0 saturated carbocycles. The van der Waals surface area contributed by atoms with Gasteiger partial charge in [-0.15, -0.1) is 0 Å². The average molecular weight is 400 g/mol. The Morgan fingerprint density at radius 1 is 0.917 bits per heavy atom. The fraction of sp³-hybridized carbons (Fsp3) is 0.0588. The van der Waals surface area contributed by atoms with Crippen molar-refractivity contribution in [3.63, 3.8) is 0 Å². The molecule has 0 radical (unpaired) electrons. The fourth-order valence-corrected chi connectivity index (χ4v) is 3.59. The first-order valence-electron chi connectivity index (χ1n) is 6.87. The number of nitrogens with one attached hydrogen (secondary N) is 1. The van der Waals surface area contributed by atoms with Gasteiger partial charge in [0.05, 0.1) is 4.90 Å². The fourth-order valence-electron chi connectivity index (χ4n) is 2.12. The number of hydrogen-bond donors (Lipinski definition) is 2. The van der Waals surface area contributed by atoms with Crippen molar-refractivity contribution in [2.45, 2.75) is 4.90 Å². The maximum Gasteiger partial charge on any atom is 0.261 e. The number of thiol groups is 1. The Morgan fingerprint density at radius 2 is 1.58 bits per heavy atom. The van der Waals surface area contributed by atoms with Crippen LogP contribution in [0.1, 0.15) is 0 Å². The molecular weight excluding hydrogens is 385 g/mol. The molecule has 0 unspecified atom stereocenters. The molecule has 0 spiro atoms. The quantitative estimate of drug-likeness (QED) is 0.571. The summed E-state index contributed by atoms with van der Waals surface area (Å²) < 4.78 is 27.4. The van der Waals surface area contributed by atoms with E-state index in [1.54, 1.807) is 54.8 Å². The third-order valence-electron chi connectivity index (χ3n) is 3.21. The molecule has 0 aliphatic carbocycles. The SMILES string of the molecule is CS.O=S(=O)(Nc1ccc(Cl)cc1)c1ccc2c(Cl)cccc2c1. The Labute approximate surface area is 157 Å². The van der Waals surface area contributed by atoms with Crippen LogP contribution in [0.25, 0.3) is 10.8 Å². The molecule has 0 aliphatic rings. The van der Waals surface area contributed by atoms with Gasteiger partial charge in [-0.2, -0.15) is 12.6 Å². The van der Waals surface area contributed by atoms with Crippen LogP contribution in [0.3, 0.4) is 0 Å². The smallest absolute Gasteiger partial charge is 0.261 e. The lowest BCUT2D eigenvalue weighted by Gasteiger charge is -2.09. The van der Waals surface area contributed by atoms with Gasteiger partial charge in [-0.3, -0.25) is 4.72 Å². The second-order valence-corrected chi connectivity index (χ2v) is 7.26. The van der Waals surface area contributed by atoms with Gasteiger partial charge >= 0.3 is 0 Å². The number of halogens is 2. The van der Waals surface area contributed by atoms with Gasteiger partial charge in [-0.25, -0.2) is 8.42 Å². The van der Waals surface area contributed by atoms with Gasteiger partial charge < -0.3 is 0 Å². The molecule has 0 heterocycles. The van der Waals surface area contributed by atoms with Crippen LogP contribution in [-0.4, -0.2) is 14.7 Å². The third kappa shape index (κ3) is 4.36. The molecule has 0 bridgehead atoms. The van der Waals surface area contributed by atoms with E-state index in [-0.39, 0.29) is 4.90 Å². The maximum atomic E-state index is 12.4. The summed E-state index contributed by atoms with van der Waals surface area (Å²) in [6.45, 7) is 0. The molecular formula is C17H15Cl2NO2S2. The zero-order valence-electron chi connectivity index (χ0n) is 12.7. The zero-order valence-corrected chi connectivity index (χ0v) is 15.9. The predicted octanol–water partition coefficient (Wildman–Crippen LogP) is 5.49. The van der Waals surface area contributed by atoms with Crippen LogP contribution in [0.15, 0.2) is 65.6 Å². The number of fused-ring (bicyclic) bond motifs is 1. The highest BCUT2D eigenvalue weighted by Gasteiger charge is 2.15. The second kappa shape index (κ2) is 8.12. The van der Waals surface area contributed by atoms with Gasteiger partial charge in [0.2, 0.25) is 0 Å². The van der Waals surface area contributed by atoms with Crippen molar-refractivity contribution < 1.29 is 8.42 Å². The Bertz CT molecular complexity index is 942. The van der Waals surface area contributed by atoms with E-state index in [2.05, 4.69) is 17.4 Å². The van der Waals surface area contributed by atoms with Crippen molar-refractivity contribution >= 4 is 62.3 Å². The van der Waals surface area contributed by atoms with Crippen molar-refractivity contribution in [2.75, 3.05) is 11.0 Å². The summed E-state index contributed by atoms with van der Waals surface area (Å²) in [4.78, 5) is 0.178. The summed E-state index contributed by atoms with van der Waals surface area (Å²) in [6.07, 6.45) is 1.69. The van der Waals surface area contributed by atoms with Crippen molar-refractivity contribution in [3.05, 3.63) is 70.7 Å². The van der Waals surface area contributed by atoms with E-state index < -0.39 is 10.0 Å². The molecule has 7 heteroatoms. The normalized spacial score (nSPS) is 10.8. The molecule has 3 aromatic rings. The number of anilines is 1. The molecule has 3 rings (SSSR count). The molecule has 0 aliphatic heterocycles. The highest BCUT2D eigenvalue weighted by atomic mass is 35.5. The van der Waals surface area contributed by atoms with Crippen LogP contribution in [-0.2, 0) is 10.0 Å². The molecule has 0 aromatic heterocycles. The Balaban J connectivity index is 0.00000100. The second-order valence-electron chi connectivity index (χ2n) is 4.74. The lowest BCUT2D eigenvalue weighted by molar-refractivity contribution is 0.601. The monoisotopic (exact) mass is 399 g/mol. The standard InChI is InChI=1S/C16H11Cl2NO2S.CH4S/c17-12-4-6-13(7-5-12)19-22(20,21)14-8-9-15-11(10-14)2-1-3-16(15)18;1-2/h1-10,19H;2H,1H3. The van der Waals surface area contributed by atoms with Crippen LogP contribution in [0.5, 0.6) is 0 Å². The highest BCUT2D eigenvalue weighted by Crippen LogP contribution is 2.26. The topological polar surface area (TPSA) is 46.2 Å². The van der Waals surface area contributed by atoms with Gasteiger partial charge in [0, 0.05) is 21.1 Å². The minimum Gasteiger partial charge on any atom is -0.280 e. The predicted molar refractivity (Wildman–Crippen MR) is 106 cm³/mol. The summed E-state index contributed by atoms with van der Waals surface area (Å²) in [7, 11) is -3.67. The number of rotatable bonds is 3. The maximum absolute atomic E-state index is 12.4. The molecule has 3 aromatic carbocycles. The molecule has 0 amide bonds. The van der Waals surface area contributed by atoms with E-state index in [0.29, 0.717) is 15.7 Å². The van der Waals surface area contributed by atoms with E-state index in [1.165, 1.54) is 6.07 Å². The van der Waals surface area contributed by atoms with E-state index in [4.69, 9.17) is 23.2 Å². The first-order valence-corrected chi connectivity index (χ1v) is 10.0. The highest BCUT2D eigenvalue weighted by molar-refractivity contribution is 7.92. The summed E-state index contributed by atoms with van der Waals surface area (Å²) in [6, 6.07) is 16.7. The first kappa shape index (κ1) is 18.9. The van der Waals surface area contributed by atoms with E-state index in [1.807, 2.05) is 6.07 Å². The van der Waals surface area contributed by atoms with Crippen LogP contribution in [0, 0.1) is 0 Å². The van der Waals surface area contributed by atoms with Gasteiger partial charge in [-0.05, 0) is 54.1 Å². The van der Waals surface area contributed by atoms with Crippen molar-refractivity contribution in [2.24, 2.45) is 0 Å². The van der Waals surface area contributed by atoms with Gasteiger partial charge in [0.15, 0.2) is 0 Å². The molecule has 3 nitrogen and oxygen atoms in total. The Kier molecular flexibility index (Phi) is 6.40. The van der Waals surface area contributed by atoms with E-state index in [9.17, 15) is 8.42 Å². The summed E-state index contributed by atoms with van der Waals surface area (Å²) >= 11 is 15.4. The van der Waals surface area contributed by atoms with Gasteiger partial charge in [0.25, 0.3) is 10.0 Å². The van der Waals surface area contributed by atoms with Crippen molar-refractivity contribution in [3.8, 4) is 0 Å². The summed E-state index contributed by atoms with van der Waals surface area (Å²) in [5.74, 6) is 0. The van der Waals surface area contributed by atoms with E-state index >= 15 is 0 Å². The lowest BCUT2D eigenvalue weighted by atomic mass is 10.1. The van der Waals surface area contributed by atoms with Crippen LogP contribution >= 0.6 is 35.8 Å². The van der Waals surface area contributed by atoms with E-state index in [0.717, 1.165) is 10.8 Å². The van der Waals surface area contributed by atoms with Gasteiger partial charge in [0.1, 0.15) is 0 Å². The summed E-state index contributed by atoms with van der Waals surface area (Å²) in [5, 5.41) is 2.72. The minimum atomic E-state index is -3.67. The van der Waals surface area contributed by atoms with Crippen molar-refractivity contribution in [1.29, 1.82) is 0 Å². The lowest BCUT2D eigenvalue weighted by Crippen LogP contribution is -2.12. The molecule has 24 heavy (non-hydrogen) atoms.